The lowest BCUT2D eigenvalue weighted by Crippen LogP contribution is -2.39. The molecule has 0 radical (unpaired) electrons. The van der Waals surface area contributed by atoms with Crippen LogP contribution < -0.4 is 5.73 Å². The molecule has 0 bridgehead atoms. The lowest BCUT2D eigenvalue weighted by Gasteiger charge is -2.31. The van der Waals surface area contributed by atoms with E-state index in [9.17, 15) is 0 Å². The lowest BCUT2D eigenvalue weighted by molar-refractivity contribution is -0.0343. The van der Waals surface area contributed by atoms with Gasteiger partial charge in [-0.15, -0.1) is 0 Å². The van der Waals surface area contributed by atoms with E-state index in [1.165, 1.54) is 0 Å². The molecular weight excluding hydrogens is 242 g/mol. The zero-order valence-electron chi connectivity index (χ0n) is 11.8. The molecule has 1 aliphatic heterocycles. The van der Waals surface area contributed by atoms with E-state index in [-0.39, 0.29) is 6.10 Å². The van der Waals surface area contributed by atoms with Gasteiger partial charge in [0.05, 0.1) is 6.61 Å². The minimum atomic E-state index is -0.0822. The summed E-state index contributed by atoms with van der Waals surface area (Å²) in [5.74, 6) is 1.74. The van der Waals surface area contributed by atoms with Crippen molar-refractivity contribution in [2.24, 2.45) is 0 Å². The molecule has 1 aromatic heterocycles. The minimum Gasteiger partial charge on any atom is -0.368 e. The molecule has 0 amide bonds. The number of aromatic nitrogens is 3. The molecule has 1 fully saturated rings. The first-order chi connectivity index (χ1) is 9.22. The van der Waals surface area contributed by atoms with Gasteiger partial charge in [0.15, 0.2) is 5.82 Å². The van der Waals surface area contributed by atoms with E-state index in [4.69, 9.17) is 10.5 Å². The van der Waals surface area contributed by atoms with E-state index < -0.39 is 0 Å². The van der Waals surface area contributed by atoms with E-state index >= 15 is 0 Å². The van der Waals surface area contributed by atoms with E-state index in [1.54, 1.807) is 0 Å². The molecule has 1 aliphatic rings. The van der Waals surface area contributed by atoms with Crippen molar-refractivity contribution in [3.8, 4) is 0 Å². The molecule has 1 unspecified atom stereocenters. The Hall–Kier alpha value is -1.27. The Bertz CT molecular complexity index is 410. The van der Waals surface area contributed by atoms with Gasteiger partial charge >= 0.3 is 0 Å². The number of ether oxygens (including phenoxy) is 1. The van der Waals surface area contributed by atoms with Crippen LogP contribution in [0.5, 0.6) is 0 Å². The third-order valence-corrected chi connectivity index (χ3v) is 3.17. The molecule has 0 aliphatic carbocycles. The van der Waals surface area contributed by atoms with Crippen molar-refractivity contribution in [3.05, 3.63) is 11.6 Å². The van der Waals surface area contributed by atoms with Crippen molar-refractivity contribution < 1.29 is 4.74 Å². The highest BCUT2D eigenvalue weighted by Crippen LogP contribution is 2.20. The van der Waals surface area contributed by atoms with Gasteiger partial charge < -0.3 is 10.5 Å². The number of morpholine rings is 1. The van der Waals surface area contributed by atoms with E-state index in [1.807, 2.05) is 0 Å². The lowest BCUT2D eigenvalue weighted by atomic mass is 10.2. The van der Waals surface area contributed by atoms with Crippen LogP contribution in [0.25, 0.3) is 0 Å². The Labute approximate surface area is 114 Å². The summed E-state index contributed by atoms with van der Waals surface area (Å²) in [6.07, 6.45) is 2.88. The predicted molar refractivity (Wildman–Crippen MR) is 73.7 cm³/mol. The number of nitrogen functional groups attached to an aromatic ring is 1. The van der Waals surface area contributed by atoms with Crippen LogP contribution in [0, 0.1) is 0 Å². The molecule has 1 atom stereocenters. The molecule has 0 spiro atoms. The van der Waals surface area contributed by atoms with Crippen molar-refractivity contribution in [3.63, 3.8) is 0 Å². The predicted octanol–water partition coefficient (Wildman–Crippen LogP) is 1.19. The van der Waals surface area contributed by atoms with E-state index in [0.717, 1.165) is 51.3 Å². The highest BCUT2D eigenvalue weighted by atomic mass is 16.5. The summed E-state index contributed by atoms with van der Waals surface area (Å²) >= 11 is 0. The van der Waals surface area contributed by atoms with Gasteiger partial charge in [-0.25, -0.2) is 4.98 Å². The van der Waals surface area contributed by atoms with Crippen LogP contribution in [0.2, 0.25) is 0 Å². The van der Waals surface area contributed by atoms with Crippen LogP contribution in [-0.2, 0) is 11.2 Å². The molecule has 1 saturated heterocycles. The summed E-state index contributed by atoms with van der Waals surface area (Å²) in [4.78, 5) is 15.3. The summed E-state index contributed by atoms with van der Waals surface area (Å²) < 4.78 is 5.78. The summed E-state index contributed by atoms with van der Waals surface area (Å²) in [5.41, 5.74) is 5.76. The fourth-order valence-electron chi connectivity index (χ4n) is 2.31. The van der Waals surface area contributed by atoms with Crippen LogP contribution in [0.1, 0.15) is 44.4 Å². The minimum absolute atomic E-state index is 0.0822. The van der Waals surface area contributed by atoms with Crippen molar-refractivity contribution >= 4 is 5.95 Å². The fourth-order valence-corrected chi connectivity index (χ4v) is 2.31. The summed E-state index contributed by atoms with van der Waals surface area (Å²) in [7, 11) is 0. The molecule has 6 nitrogen and oxygen atoms in total. The zero-order chi connectivity index (χ0) is 13.7. The van der Waals surface area contributed by atoms with Crippen LogP contribution in [0.4, 0.5) is 5.95 Å². The molecule has 6 heteroatoms. The van der Waals surface area contributed by atoms with Crippen molar-refractivity contribution in [1.29, 1.82) is 0 Å². The van der Waals surface area contributed by atoms with Gasteiger partial charge in [0.1, 0.15) is 11.9 Å². The molecule has 106 valence electrons. The highest BCUT2D eigenvalue weighted by molar-refractivity contribution is 5.17. The van der Waals surface area contributed by atoms with Crippen molar-refractivity contribution in [2.75, 3.05) is 32.0 Å². The molecule has 2 N–H and O–H groups in total. The average Bonchev–Trinajstić information content (AvgIpc) is 2.39. The van der Waals surface area contributed by atoms with Gasteiger partial charge in [-0.05, 0) is 19.4 Å². The van der Waals surface area contributed by atoms with Gasteiger partial charge in [0, 0.05) is 19.5 Å². The molecule has 2 heterocycles. The van der Waals surface area contributed by atoms with Gasteiger partial charge in [-0.1, -0.05) is 13.8 Å². The first kappa shape index (κ1) is 14.1. The van der Waals surface area contributed by atoms with Crippen molar-refractivity contribution in [1.82, 2.24) is 19.9 Å². The smallest absolute Gasteiger partial charge is 0.223 e. The van der Waals surface area contributed by atoms with Crippen molar-refractivity contribution in [2.45, 2.75) is 39.2 Å². The molecule has 0 saturated carbocycles. The summed E-state index contributed by atoms with van der Waals surface area (Å²) in [6, 6.07) is 0. The second kappa shape index (κ2) is 6.77. The van der Waals surface area contributed by atoms with Gasteiger partial charge in [-0.3, -0.25) is 4.90 Å². The van der Waals surface area contributed by atoms with Gasteiger partial charge in [-0.2, -0.15) is 9.97 Å². The largest absolute Gasteiger partial charge is 0.368 e. The normalized spacial score (nSPS) is 20.6. The maximum atomic E-state index is 5.78. The second-order valence-electron chi connectivity index (χ2n) is 4.88. The Balaban J connectivity index is 2.11. The van der Waals surface area contributed by atoms with Crippen LogP contribution in [0.15, 0.2) is 0 Å². The maximum Gasteiger partial charge on any atom is 0.223 e. The number of nitrogens with zero attached hydrogens (tertiary/aromatic N) is 4. The third kappa shape index (κ3) is 3.84. The number of hydrogen-bond donors (Lipinski definition) is 1. The average molecular weight is 265 g/mol. The fraction of sp³-hybridized carbons (Fsp3) is 0.769. The third-order valence-electron chi connectivity index (χ3n) is 3.17. The summed E-state index contributed by atoms with van der Waals surface area (Å²) in [6.45, 7) is 7.90. The Morgan fingerprint density at radius 3 is 2.84 bits per heavy atom. The van der Waals surface area contributed by atoms with E-state index in [2.05, 4.69) is 33.7 Å². The molecule has 2 rings (SSSR count). The number of rotatable bonds is 5. The monoisotopic (exact) mass is 265 g/mol. The Kier molecular flexibility index (Phi) is 5.04. The van der Waals surface area contributed by atoms with Crippen LogP contribution in [0.3, 0.4) is 0 Å². The molecule has 0 aromatic carbocycles. The number of hydrogen-bond acceptors (Lipinski definition) is 6. The van der Waals surface area contributed by atoms with Gasteiger partial charge in [0.2, 0.25) is 5.95 Å². The number of aryl methyl sites for hydroxylation is 1. The van der Waals surface area contributed by atoms with Gasteiger partial charge in [0.25, 0.3) is 0 Å². The quantitative estimate of drug-likeness (QED) is 0.861. The standard InChI is InChI=1S/C13H23N5O/c1-3-5-11-15-12(17-13(14)16-11)10-9-18(6-4-2)7-8-19-10/h10H,3-9H2,1-2H3,(H2,14,15,16,17). The molecule has 19 heavy (non-hydrogen) atoms. The zero-order valence-corrected chi connectivity index (χ0v) is 11.8. The summed E-state index contributed by atoms with van der Waals surface area (Å²) in [5, 5.41) is 0. The molecule has 1 aromatic rings. The van der Waals surface area contributed by atoms with E-state index in [0.29, 0.717) is 11.8 Å². The Morgan fingerprint density at radius 2 is 2.11 bits per heavy atom. The number of anilines is 1. The van der Waals surface area contributed by atoms with Crippen LogP contribution >= 0.6 is 0 Å². The first-order valence-electron chi connectivity index (χ1n) is 7.07. The first-order valence-corrected chi connectivity index (χ1v) is 7.07. The topological polar surface area (TPSA) is 77.2 Å². The Morgan fingerprint density at radius 1 is 1.26 bits per heavy atom. The number of nitrogens with two attached hydrogens (primary N) is 1. The SMILES string of the molecule is CCCc1nc(N)nc(C2CN(CCC)CCO2)n1. The molecular formula is C13H23N5O. The maximum absolute atomic E-state index is 5.78. The highest BCUT2D eigenvalue weighted by Gasteiger charge is 2.24. The second-order valence-corrected chi connectivity index (χ2v) is 4.88. The van der Waals surface area contributed by atoms with Crippen LogP contribution in [-0.4, -0.2) is 46.1 Å².